The lowest BCUT2D eigenvalue weighted by Crippen LogP contribution is -2.33. The lowest BCUT2D eigenvalue weighted by Gasteiger charge is -2.12. The van der Waals surface area contributed by atoms with E-state index in [9.17, 15) is 4.79 Å². The van der Waals surface area contributed by atoms with E-state index in [0.29, 0.717) is 17.2 Å². The second-order valence-corrected chi connectivity index (χ2v) is 4.92. The van der Waals surface area contributed by atoms with Gasteiger partial charge in [-0.25, -0.2) is 5.43 Å². The van der Waals surface area contributed by atoms with Crippen LogP contribution in [0.1, 0.15) is 12.5 Å². The molecule has 0 heterocycles. The molecule has 1 atom stereocenters. The van der Waals surface area contributed by atoms with Crippen LogP contribution in [0.5, 0.6) is 17.2 Å². The normalized spacial score (nSPS) is 11.8. The Labute approximate surface area is 141 Å². The zero-order chi connectivity index (χ0) is 17.4. The van der Waals surface area contributed by atoms with Crippen LogP contribution in [0.25, 0.3) is 0 Å². The van der Waals surface area contributed by atoms with Crippen molar-refractivity contribution in [3.63, 3.8) is 0 Å². The van der Waals surface area contributed by atoms with Gasteiger partial charge in [-0.3, -0.25) is 4.79 Å². The molecule has 126 valence electrons. The summed E-state index contributed by atoms with van der Waals surface area (Å²) in [5.74, 6) is 1.51. The summed E-state index contributed by atoms with van der Waals surface area (Å²) in [4.78, 5) is 12.0. The van der Waals surface area contributed by atoms with Gasteiger partial charge in [0.25, 0.3) is 5.91 Å². The number of benzene rings is 2. The lowest BCUT2D eigenvalue weighted by atomic mass is 10.2. The quantitative estimate of drug-likeness (QED) is 0.626. The van der Waals surface area contributed by atoms with Crippen molar-refractivity contribution in [3.05, 3.63) is 54.1 Å². The van der Waals surface area contributed by atoms with Gasteiger partial charge in [0, 0.05) is 0 Å². The summed E-state index contributed by atoms with van der Waals surface area (Å²) in [6, 6.07) is 14.5. The van der Waals surface area contributed by atoms with Crippen molar-refractivity contribution >= 4 is 12.1 Å². The van der Waals surface area contributed by atoms with Gasteiger partial charge in [-0.1, -0.05) is 18.2 Å². The largest absolute Gasteiger partial charge is 0.493 e. The van der Waals surface area contributed by atoms with Crippen LogP contribution in [0.4, 0.5) is 0 Å². The molecular weight excluding hydrogens is 308 g/mol. The van der Waals surface area contributed by atoms with Gasteiger partial charge in [-0.2, -0.15) is 5.10 Å². The van der Waals surface area contributed by atoms with Crippen molar-refractivity contribution in [1.82, 2.24) is 5.43 Å². The van der Waals surface area contributed by atoms with Crippen molar-refractivity contribution in [2.24, 2.45) is 5.10 Å². The maximum Gasteiger partial charge on any atom is 0.280 e. The molecule has 0 aromatic heterocycles. The van der Waals surface area contributed by atoms with E-state index in [4.69, 9.17) is 14.2 Å². The molecule has 24 heavy (non-hydrogen) atoms. The number of amides is 1. The van der Waals surface area contributed by atoms with Crippen molar-refractivity contribution in [3.8, 4) is 17.2 Å². The highest BCUT2D eigenvalue weighted by Gasteiger charge is 2.13. The molecule has 2 aromatic rings. The maximum atomic E-state index is 12.0. The molecular formula is C18H20N2O4. The Morgan fingerprint density at radius 2 is 1.79 bits per heavy atom. The highest BCUT2D eigenvalue weighted by Crippen LogP contribution is 2.26. The van der Waals surface area contributed by atoms with Crippen LogP contribution in [0.2, 0.25) is 0 Å². The number of hydrogen-bond acceptors (Lipinski definition) is 5. The van der Waals surface area contributed by atoms with E-state index in [2.05, 4.69) is 10.5 Å². The van der Waals surface area contributed by atoms with Crippen LogP contribution in [-0.2, 0) is 4.79 Å². The maximum absolute atomic E-state index is 12.0. The molecule has 0 bridgehead atoms. The number of ether oxygens (including phenoxy) is 3. The summed E-state index contributed by atoms with van der Waals surface area (Å²) in [5, 5.41) is 3.93. The topological polar surface area (TPSA) is 69.2 Å². The minimum Gasteiger partial charge on any atom is -0.493 e. The van der Waals surface area contributed by atoms with Crippen LogP contribution in [0.15, 0.2) is 53.6 Å². The highest BCUT2D eigenvalue weighted by molar-refractivity contribution is 5.84. The Bertz CT molecular complexity index is 701. The first-order valence-corrected chi connectivity index (χ1v) is 7.40. The number of nitrogens with one attached hydrogen (secondary N) is 1. The van der Waals surface area contributed by atoms with E-state index in [0.717, 1.165) is 5.56 Å². The van der Waals surface area contributed by atoms with E-state index in [-0.39, 0.29) is 5.91 Å². The minimum atomic E-state index is -0.657. The smallest absolute Gasteiger partial charge is 0.280 e. The van der Waals surface area contributed by atoms with E-state index in [1.807, 2.05) is 18.2 Å². The first-order chi connectivity index (χ1) is 11.6. The Kier molecular flexibility index (Phi) is 6.19. The third kappa shape index (κ3) is 4.74. The average Bonchev–Trinajstić information content (AvgIpc) is 2.62. The van der Waals surface area contributed by atoms with Gasteiger partial charge in [0.05, 0.1) is 20.4 Å². The number of rotatable bonds is 7. The Morgan fingerprint density at radius 1 is 1.08 bits per heavy atom. The number of nitrogens with zero attached hydrogens (tertiary/aromatic N) is 1. The molecule has 0 fully saturated rings. The molecule has 0 spiro atoms. The van der Waals surface area contributed by atoms with E-state index in [1.165, 1.54) is 6.21 Å². The molecule has 0 saturated carbocycles. The number of hydrazone groups is 1. The van der Waals surface area contributed by atoms with Crippen molar-refractivity contribution < 1.29 is 19.0 Å². The minimum absolute atomic E-state index is 0.337. The fourth-order valence-corrected chi connectivity index (χ4v) is 1.95. The predicted octanol–water partition coefficient (Wildman–Crippen LogP) is 2.62. The average molecular weight is 328 g/mol. The SMILES string of the molecule is COc1ccc(C=NNC(=O)C(C)Oc2ccccc2)cc1OC. The van der Waals surface area contributed by atoms with Crippen LogP contribution in [0.3, 0.4) is 0 Å². The molecule has 0 radical (unpaired) electrons. The molecule has 2 rings (SSSR count). The Hall–Kier alpha value is -3.02. The van der Waals surface area contributed by atoms with Crippen molar-refractivity contribution in [2.45, 2.75) is 13.0 Å². The first-order valence-electron chi connectivity index (χ1n) is 7.40. The van der Waals surface area contributed by atoms with E-state index >= 15 is 0 Å². The molecule has 0 aliphatic rings. The summed E-state index contributed by atoms with van der Waals surface area (Å²) in [6.07, 6.45) is 0.865. The Morgan fingerprint density at radius 3 is 2.46 bits per heavy atom. The number of carbonyl (C=O) groups excluding carboxylic acids is 1. The Balaban J connectivity index is 1.92. The van der Waals surface area contributed by atoms with Gasteiger partial charge in [-0.05, 0) is 42.8 Å². The number of methoxy groups -OCH3 is 2. The zero-order valence-corrected chi connectivity index (χ0v) is 13.9. The summed E-state index contributed by atoms with van der Waals surface area (Å²) in [6.45, 7) is 1.66. The molecule has 2 aromatic carbocycles. The summed E-state index contributed by atoms with van der Waals surface area (Å²) < 4.78 is 15.9. The van der Waals surface area contributed by atoms with Gasteiger partial charge in [0.2, 0.25) is 0 Å². The van der Waals surface area contributed by atoms with Gasteiger partial charge >= 0.3 is 0 Å². The van der Waals surface area contributed by atoms with Crippen LogP contribution in [0, 0.1) is 0 Å². The molecule has 0 aliphatic carbocycles. The van der Waals surface area contributed by atoms with Gasteiger partial charge < -0.3 is 14.2 Å². The lowest BCUT2D eigenvalue weighted by molar-refractivity contribution is -0.127. The monoisotopic (exact) mass is 328 g/mol. The van der Waals surface area contributed by atoms with Gasteiger partial charge in [0.15, 0.2) is 17.6 Å². The predicted molar refractivity (Wildman–Crippen MR) is 91.8 cm³/mol. The molecule has 0 aliphatic heterocycles. The van der Waals surface area contributed by atoms with E-state index in [1.54, 1.807) is 51.5 Å². The number of hydrogen-bond donors (Lipinski definition) is 1. The second kappa shape index (κ2) is 8.57. The fraction of sp³-hybridized carbons (Fsp3) is 0.222. The molecule has 6 heteroatoms. The van der Waals surface area contributed by atoms with Gasteiger partial charge in [0.1, 0.15) is 5.75 Å². The van der Waals surface area contributed by atoms with Crippen LogP contribution >= 0.6 is 0 Å². The van der Waals surface area contributed by atoms with Gasteiger partial charge in [-0.15, -0.1) is 0 Å². The summed E-state index contributed by atoms with van der Waals surface area (Å²) in [7, 11) is 3.13. The molecule has 0 saturated heterocycles. The molecule has 1 amide bonds. The highest BCUT2D eigenvalue weighted by atomic mass is 16.5. The first kappa shape index (κ1) is 17.3. The number of carbonyl (C=O) groups is 1. The zero-order valence-electron chi connectivity index (χ0n) is 13.9. The summed E-state index contributed by atoms with van der Waals surface area (Å²) in [5.41, 5.74) is 3.22. The molecule has 1 unspecified atom stereocenters. The standard InChI is InChI=1S/C18H20N2O4/c1-13(24-15-7-5-4-6-8-15)18(21)20-19-12-14-9-10-16(22-2)17(11-14)23-3/h4-13H,1-3H3,(H,20,21). The number of para-hydroxylation sites is 1. The van der Waals surface area contributed by atoms with Crippen LogP contribution < -0.4 is 19.6 Å². The van der Waals surface area contributed by atoms with Crippen LogP contribution in [-0.4, -0.2) is 32.4 Å². The second-order valence-electron chi connectivity index (χ2n) is 4.92. The summed E-state index contributed by atoms with van der Waals surface area (Å²) >= 11 is 0. The van der Waals surface area contributed by atoms with E-state index < -0.39 is 6.10 Å². The third-order valence-electron chi connectivity index (χ3n) is 3.22. The third-order valence-corrected chi connectivity index (χ3v) is 3.22. The van der Waals surface area contributed by atoms with Crippen molar-refractivity contribution in [2.75, 3.05) is 14.2 Å². The fourth-order valence-electron chi connectivity index (χ4n) is 1.95. The van der Waals surface area contributed by atoms with Crippen molar-refractivity contribution in [1.29, 1.82) is 0 Å². The molecule has 6 nitrogen and oxygen atoms in total. The molecule has 1 N–H and O–H groups in total.